The van der Waals surface area contributed by atoms with Gasteiger partial charge in [-0.25, -0.2) is 0 Å². The zero-order valence-electron chi connectivity index (χ0n) is 19.2. The monoisotopic (exact) mass is 440 g/mol. The fraction of sp³-hybridized carbons (Fsp3) is 0.417. The molecule has 1 fully saturated rings. The molecule has 1 heterocycles. The second-order valence-corrected chi connectivity index (χ2v) is 7.58. The molecule has 0 spiro atoms. The molecule has 0 aliphatic carbocycles. The third-order valence-electron chi connectivity index (χ3n) is 5.53. The first-order chi connectivity index (χ1) is 15.5. The van der Waals surface area contributed by atoms with Crippen molar-refractivity contribution in [2.75, 3.05) is 58.9 Å². The van der Waals surface area contributed by atoms with Crippen molar-refractivity contribution < 1.29 is 19.0 Å². The highest BCUT2D eigenvalue weighted by molar-refractivity contribution is 6.10. The van der Waals surface area contributed by atoms with Gasteiger partial charge in [0, 0.05) is 30.9 Å². The molecule has 1 aliphatic heterocycles. The van der Waals surface area contributed by atoms with E-state index in [1.165, 1.54) is 0 Å². The summed E-state index contributed by atoms with van der Waals surface area (Å²) < 4.78 is 16.0. The smallest absolute Gasteiger partial charge is 0.258 e. The fourth-order valence-electron chi connectivity index (χ4n) is 3.41. The summed E-state index contributed by atoms with van der Waals surface area (Å²) in [6, 6.07) is 11.1. The maximum Gasteiger partial charge on any atom is 0.258 e. The summed E-state index contributed by atoms with van der Waals surface area (Å²) in [6.45, 7) is 8.73. The second kappa shape index (κ2) is 11.5. The molecule has 2 aromatic rings. The Balaban J connectivity index is 1.76. The number of ether oxygens (including phenoxy) is 3. The van der Waals surface area contributed by atoms with Crippen molar-refractivity contribution in [1.82, 2.24) is 10.2 Å². The van der Waals surface area contributed by atoms with Crippen LogP contribution in [0, 0.1) is 13.8 Å². The number of anilines is 1. The Morgan fingerprint density at radius 3 is 2.56 bits per heavy atom. The Bertz CT molecular complexity index is 955. The van der Waals surface area contributed by atoms with Crippen molar-refractivity contribution in [3.63, 3.8) is 0 Å². The van der Waals surface area contributed by atoms with E-state index in [1.54, 1.807) is 32.4 Å². The minimum absolute atomic E-state index is 0.283. The summed E-state index contributed by atoms with van der Waals surface area (Å²) in [7, 11) is 3.10. The highest BCUT2D eigenvalue weighted by Crippen LogP contribution is 2.27. The topological polar surface area (TPSA) is 84.4 Å². The number of aryl methyl sites for hydroxylation is 1. The molecular formula is C24H32N4O4. The quantitative estimate of drug-likeness (QED) is 0.509. The molecular weight excluding hydrogens is 408 g/mol. The van der Waals surface area contributed by atoms with Crippen molar-refractivity contribution in [2.24, 2.45) is 4.99 Å². The minimum Gasteiger partial charge on any atom is -0.493 e. The van der Waals surface area contributed by atoms with Gasteiger partial charge in [-0.15, -0.1) is 0 Å². The molecule has 8 heteroatoms. The Hall–Kier alpha value is -3.10. The minimum atomic E-state index is -0.283. The number of carbonyl (C=O) groups is 1. The van der Waals surface area contributed by atoms with Gasteiger partial charge in [-0.3, -0.25) is 20.0 Å². The maximum absolute atomic E-state index is 13.0. The van der Waals surface area contributed by atoms with E-state index in [4.69, 9.17) is 14.2 Å². The predicted octanol–water partition coefficient (Wildman–Crippen LogP) is 2.85. The van der Waals surface area contributed by atoms with Crippen LogP contribution in [-0.4, -0.2) is 70.4 Å². The lowest BCUT2D eigenvalue weighted by Crippen LogP contribution is -2.39. The summed E-state index contributed by atoms with van der Waals surface area (Å²) in [6.07, 6.45) is 0. The number of guanidine groups is 1. The highest BCUT2D eigenvalue weighted by atomic mass is 16.5. The predicted molar refractivity (Wildman–Crippen MR) is 126 cm³/mol. The molecule has 0 atom stereocenters. The summed E-state index contributed by atoms with van der Waals surface area (Å²) in [4.78, 5) is 19.9. The van der Waals surface area contributed by atoms with Crippen LogP contribution in [0.5, 0.6) is 11.5 Å². The molecule has 1 saturated heterocycles. The molecule has 32 heavy (non-hydrogen) atoms. The third kappa shape index (κ3) is 6.21. The standard InChI is InChI=1S/C24H32N4O4/c1-17-6-5-7-20(18(17)2)26-24(25-10-11-28-12-14-32-15-13-28)27-23(29)19-8-9-21(30-3)22(16-19)31-4/h5-9,16H,10-15H2,1-4H3,(H2,25,26,27,29). The van der Waals surface area contributed by atoms with Gasteiger partial charge in [0.15, 0.2) is 11.5 Å². The lowest BCUT2D eigenvalue weighted by atomic mass is 10.1. The Kier molecular flexibility index (Phi) is 8.47. The number of carbonyl (C=O) groups excluding carboxylic acids is 1. The van der Waals surface area contributed by atoms with Crippen molar-refractivity contribution in [3.8, 4) is 11.5 Å². The number of aliphatic imine (C=N–C) groups is 1. The van der Waals surface area contributed by atoms with Gasteiger partial charge in [0.2, 0.25) is 5.96 Å². The van der Waals surface area contributed by atoms with Crippen LogP contribution < -0.4 is 20.1 Å². The van der Waals surface area contributed by atoms with Crippen LogP contribution in [0.3, 0.4) is 0 Å². The van der Waals surface area contributed by atoms with E-state index < -0.39 is 0 Å². The van der Waals surface area contributed by atoms with E-state index in [0.29, 0.717) is 29.6 Å². The van der Waals surface area contributed by atoms with Gasteiger partial charge in [-0.05, 0) is 49.2 Å². The van der Waals surface area contributed by atoms with E-state index in [1.807, 2.05) is 19.1 Å². The van der Waals surface area contributed by atoms with Crippen LogP contribution >= 0.6 is 0 Å². The zero-order chi connectivity index (χ0) is 22.9. The van der Waals surface area contributed by atoms with E-state index >= 15 is 0 Å². The lowest BCUT2D eigenvalue weighted by Gasteiger charge is -2.25. The van der Waals surface area contributed by atoms with Crippen LogP contribution in [-0.2, 0) is 4.74 Å². The van der Waals surface area contributed by atoms with Gasteiger partial charge in [-0.1, -0.05) is 12.1 Å². The molecule has 0 bridgehead atoms. The first-order valence-electron chi connectivity index (χ1n) is 10.7. The lowest BCUT2D eigenvalue weighted by molar-refractivity contribution is 0.0394. The number of nitrogens with one attached hydrogen (secondary N) is 2. The Labute approximate surface area is 189 Å². The molecule has 3 rings (SSSR count). The van der Waals surface area contributed by atoms with Crippen LogP contribution in [0.25, 0.3) is 0 Å². The van der Waals surface area contributed by atoms with Crippen LogP contribution in [0.1, 0.15) is 21.5 Å². The first-order valence-corrected chi connectivity index (χ1v) is 10.7. The average Bonchev–Trinajstić information content (AvgIpc) is 2.82. The summed E-state index contributed by atoms with van der Waals surface area (Å²) in [5.74, 6) is 1.19. The molecule has 172 valence electrons. The Morgan fingerprint density at radius 1 is 1.09 bits per heavy atom. The van der Waals surface area contributed by atoms with Crippen molar-refractivity contribution in [1.29, 1.82) is 0 Å². The van der Waals surface area contributed by atoms with Crippen LogP contribution in [0.4, 0.5) is 5.69 Å². The molecule has 0 saturated carbocycles. The van der Waals surface area contributed by atoms with Gasteiger partial charge in [0.25, 0.3) is 5.91 Å². The number of nitrogens with zero attached hydrogens (tertiary/aromatic N) is 2. The number of morpholine rings is 1. The summed E-state index contributed by atoms with van der Waals surface area (Å²) >= 11 is 0. The van der Waals surface area contributed by atoms with Gasteiger partial charge in [0.1, 0.15) is 0 Å². The number of amides is 1. The van der Waals surface area contributed by atoms with Crippen molar-refractivity contribution in [2.45, 2.75) is 13.8 Å². The molecule has 2 N–H and O–H groups in total. The second-order valence-electron chi connectivity index (χ2n) is 7.58. The number of rotatable bonds is 7. The third-order valence-corrected chi connectivity index (χ3v) is 5.53. The van der Waals surface area contributed by atoms with Gasteiger partial charge >= 0.3 is 0 Å². The maximum atomic E-state index is 13.0. The Morgan fingerprint density at radius 2 is 1.84 bits per heavy atom. The molecule has 0 radical (unpaired) electrons. The number of hydrogen-bond acceptors (Lipinski definition) is 6. The largest absolute Gasteiger partial charge is 0.493 e. The van der Waals surface area contributed by atoms with E-state index in [9.17, 15) is 4.79 Å². The molecule has 0 unspecified atom stereocenters. The van der Waals surface area contributed by atoms with E-state index in [-0.39, 0.29) is 5.91 Å². The van der Waals surface area contributed by atoms with E-state index in [2.05, 4.69) is 33.5 Å². The molecule has 2 aromatic carbocycles. The van der Waals surface area contributed by atoms with Crippen LogP contribution in [0.2, 0.25) is 0 Å². The average molecular weight is 441 g/mol. The van der Waals surface area contributed by atoms with Crippen LogP contribution in [0.15, 0.2) is 41.4 Å². The fourth-order valence-corrected chi connectivity index (χ4v) is 3.41. The SMILES string of the molecule is COc1ccc(C(=O)NC(=NCCN2CCOCC2)Nc2cccc(C)c2C)cc1OC. The normalized spacial score (nSPS) is 14.7. The number of hydrogen-bond donors (Lipinski definition) is 2. The summed E-state index contributed by atoms with van der Waals surface area (Å²) in [5.41, 5.74) is 3.62. The number of benzene rings is 2. The number of methoxy groups -OCH3 is 2. The molecule has 1 aliphatic rings. The van der Waals surface area contributed by atoms with Gasteiger partial charge in [0.05, 0.1) is 34.0 Å². The molecule has 8 nitrogen and oxygen atoms in total. The van der Waals surface area contributed by atoms with Crippen molar-refractivity contribution >= 4 is 17.6 Å². The molecule has 1 amide bonds. The van der Waals surface area contributed by atoms with Crippen molar-refractivity contribution in [3.05, 3.63) is 53.1 Å². The first kappa shape index (κ1) is 23.6. The zero-order valence-corrected chi connectivity index (χ0v) is 19.2. The molecule has 0 aromatic heterocycles. The highest BCUT2D eigenvalue weighted by Gasteiger charge is 2.15. The van der Waals surface area contributed by atoms with Gasteiger partial charge in [-0.2, -0.15) is 0 Å². The summed E-state index contributed by atoms with van der Waals surface area (Å²) in [5, 5.41) is 6.21. The van der Waals surface area contributed by atoms with Gasteiger partial charge < -0.3 is 19.5 Å². The van der Waals surface area contributed by atoms with E-state index in [0.717, 1.165) is 49.7 Å².